The van der Waals surface area contributed by atoms with Gasteiger partial charge >= 0.3 is 0 Å². The second-order valence-corrected chi connectivity index (χ2v) is 5.13. The molecule has 0 radical (unpaired) electrons. The van der Waals surface area contributed by atoms with Gasteiger partial charge in [-0.3, -0.25) is 0 Å². The van der Waals surface area contributed by atoms with E-state index in [2.05, 4.69) is 56.9 Å². The Morgan fingerprint density at radius 1 is 0.696 bits per heavy atom. The Morgan fingerprint density at radius 2 is 1.26 bits per heavy atom. The number of fused-ring (bicyclic) bond motifs is 1. The van der Waals surface area contributed by atoms with Crippen LogP contribution in [0.25, 0.3) is 10.8 Å². The van der Waals surface area contributed by atoms with Gasteiger partial charge in [-0.15, -0.1) is 0 Å². The van der Waals surface area contributed by atoms with Gasteiger partial charge in [0.15, 0.2) is 0 Å². The lowest BCUT2D eigenvalue weighted by atomic mass is 10.1. The second-order valence-electron chi connectivity index (χ2n) is 4.36. The Morgan fingerprint density at radius 3 is 2.00 bits per heavy atom. The maximum Gasteiger partial charge on any atom is 0.0925 e. The van der Waals surface area contributed by atoms with Crippen molar-refractivity contribution in [3.8, 4) is 0 Å². The van der Waals surface area contributed by atoms with E-state index in [9.17, 15) is 0 Å². The molecule has 0 aliphatic carbocycles. The third kappa shape index (κ3) is 4.90. The molecule has 0 spiro atoms. The van der Waals surface area contributed by atoms with Gasteiger partial charge in [0, 0.05) is 5.39 Å². The third-order valence-electron chi connectivity index (χ3n) is 2.95. The van der Waals surface area contributed by atoms with Crippen LogP contribution in [0, 0.1) is 0 Å². The van der Waals surface area contributed by atoms with E-state index < -0.39 is 0 Å². The van der Waals surface area contributed by atoms with Gasteiger partial charge < -0.3 is 0 Å². The van der Waals surface area contributed by atoms with E-state index in [0.29, 0.717) is 10.7 Å². The van der Waals surface area contributed by atoms with E-state index in [1.807, 2.05) is 42.5 Å². The summed E-state index contributed by atoms with van der Waals surface area (Å²) >= 11 is 14.7. The van der Waals surface area contributed by atoms with Crippen LogP contribution in [0.4, 0.5) is 11.4 Å². The zero-order chi connectivity index (χ0) is 16.5. The number of benzene rings is 3. The van der Waals surface area contributed by atoms with Gasteiger partial charge in [-0.2, -0.15) is 9.98 Å². The Labute approximate surface area is 150 Å². The normalized spacial score (nSPS) is 9.09. The molecule has 0 saturated heterocycles. The standard InChI is InChI=1S/C11H7NS.C7H4ClNS/c13-8-12-11-7-3-5-9-4-1-2-6-10(9)11;8-6-3-1-2-4-7(6)9-5-10/h1-7H;1-4H. The van der Waals surface area contributed by atoms with Crippen molar-refractivity contribution in [2.45, 2.75) is 0 Å². The van der Waals surface area contributed by atoms with E-state index >= 15 is 0 Å². The summed E-state index contributed by atoms with van der Waals surface area (Å²) in [5.74, 6) is 0. The summed E-state index contributed by atoms with van der Waals surface area (Å²) < 4.78 is 0. The minimum atomic E-state index is 0.597. The molecule has 0 bridgehead atoms. The molecule has 0 aromatic heterocycles. The van der Waals surface area contributed by atoms with Gasteiger partial charge in [-0.25, -0.2) is 0 Å². The number of thiocarbonyl (C=S) groups is 2. The van der Waals surface area contributed by atoms with Crippen molar-refractivity contribution in [3.63, 3.8) is 0 Å². The zero-order valence-electron chi connectivity index (χ0n) is 11.9. The highest BCUT2D eigenvalue weighted by atomic mass is 35.5. The summed E-state index contributed by atoms with van der Waals surface area (Å²) in [6, 6.07) is 21.3. The van der Waals surface area contributed by atoms with Gasteiger partial charge in [0.1, 0.15) is 0 Å². The molecule has 112 valence electrons. The number of isothiocyanates is 2. The molecule has 0 saturated carbocycles. The predicted octanol–water partition coefficient (Wildman–Crippen LogP) is 6.65. The maximum absolute atomic E-state index is 5.72. The molecule has 0 aliphatic heterocycles. The van der Waals surface area contributed by atoms with Gasteiger partial charge in [0.25, 0.3) is 0 Å². The van der Waals surface area contributed by atoms with Gasteiger partial charge in [0.2, 0.25) is 0 Å². The molecule has 3 aromatic rings. The molecular weight excluding hydrogens is 344 g/mol. The number of para-hydroxylation sites is 1. The van der Waals surface area contributed by atoms with Gasteiger partial charge in [0.05, 0.1) is 26.7 Å². The van der Waals surface area contributed by atoms with Crippen molar-refractivity contribution < 1.29 is 0 Å². The molecule has 0 fully saturated rings. The molecule has 23 heavy (non-hydrogen) atoms. The third-order valence-corrected chi connectivity index (χ3v) is 3.45. The zero-order valence-corrected chi connectivity index (χ0v) is 14.3. The molecule has 0 unspecified atom stereocenters. The molecule has 2 nitrogen and oxygen atoms in total. The molecule has 3 rings (SSSR count). The molecular formula is C18H11ClN2S2. The molecule has 3 aromatic carbocycles. The number of hydrogen-bond donors (Lipinski definition) is 0. The topological polar surface area (TPSA) is 24.7 Å². The van der Waals surface area contributed by atoms with Crippen molar-refractivity contribution >= 4 is 68.5 Å². The summed E-state index contributed by atoms with van der Waals surface area (Å²) in [6.07, 6.45) is 0. The Bertz CT molecular complexity index is 906. The molecule has 0 heterocycles. The largest absolute Gasteiger partial charge is 0.194 e. The first-order valence-corrected chi connectivity index (χ1v) is 7.83. The SMILES string of the molecule is S=C=Nc1cccc2ccccc12.S=C=Nc1ccccc1Cl. The smallest absolute Gasteiger partial charge is 0.0925 e. The Kier molecular flexibility index (Phi) is 6.76. The lowest BCUT2D eigenvalue weighted by Gasteiger charge is -1.98. The lowest BCUT2D eigenvalue weighted by Crippen LogP contribution is -1.71. The average Bonchev–Trinajstić information content (AvgIpc) is 2.58. The van der Waals surface area contributed by atoms with Crippen LogP contribution in [-0.4, -0.2) is 10.3 Å². The highest BCUT2D eigenvalue weighted by Crippen LogP contribution is 2.24. The minimum Gasteiger partial charge on any atom is -0.194 e. The molecule has 0 amide bonds. The fraction of sp³-hybridized carbons (Fsp3) is 0. The number of rotatable bonds is 2. The maximum atomic E-state index is 5.72. The molecule has 0 atom stereocenters. The van der Waals surface area contributed by atoms with Crippen LogP contribution in [0.1, 0.15) is 0 Å². The van der Waals surface area contributed by atoms with E-state index in [-0.39, 0.29) is 0 Å². The van der Waals surface area contributed by atoms with Crippen LogP contribution < -0.4 is 0 Å². The first kappa shape index (κ1) is 17.2. The fourth-order valence-electron chi connectivity index (χ4n) is 1.95. The van der Waals surface area contributed by atoms with Crippen LogP contribution in [0.2, 0.25) is 5.02 Å². The van der Waals surface area contributed by atoms with E-state index in [1.165, 1.54) is 5.39 Å². The molecule has 0 aliphatic rings. The first-order chi connectivity index (χ1) is 11.3. The second kappa shape index (κ2) is 9.06. The fourth-order valence-corrected chi connectivity index (χ4v) is 2.32. The van der Waals surface area contributed by atoms with Crippen LogP contribution in [0.5, 0.6) is 0 Å². The van der Waals surface area contributed by atoms with E-state index in [1.54, 1.807) is 12.1 Å². The minimum absolute atomic E-state index is 0.597. The predicted molar refractivity (Wildman–Crippen MR) is 105 cm³/mol. The highest BCUT2D eigenvalue weighted by molar-refractivity contribution is 7.78. The number of halogens is 1. The summed E-state index contributed by atoms with van der Waals surface area (Å²) in [7, 11) is 0. The van der Waals surface area contributed by atoms with Crippen molar-refractivity contribution in [2.75, 3.05) is 0 Å². The Balaban J connectivity index is 0.000000174. The van der Waals surface area contributed by atoms with Crippen molar-refractivity contribution in [1.82, 2.24) is 0 Å². The summed E-state index contributed by atoms with van der Waals surface area (Å²) in [4.78, 5) is 7.74. The van der Waals surface area contributed by atoms with E-state index in [4.69, 9.17) is 11.6 Å². The van der Waals surface area contributed by atoms with Gasteiger partial charge in [-0.05, 0) is 48.0 Å². The number of aliphatic imine (C=N–C) groups is 2. The van der Waals surface area contributed by atoms with Crippen LogP contribution in [-0.2, 0) is 0 Å². The van der Waals surface area contributed by atoms with Crippen LogP contribution in [0.15, 0.2) is 76.7 Å². The molecule has 5 heteroatoms. The lowest BCUT2D eigenvalue weighted by molar-refractivity contribution is 1.55. The summed E-state index contributed by atoms with van der Waals surface area (Å²) in [5.41, 5.74) is 1.55. The number of hydrogen-bond acceptors (Lipinski definition) is 4. The van der Waals surface area contributed by atoms with Crippen molar-refractivity contribution in [1.29, 1.82) is 0 Å². The monoisotopic (exact) mass is 354 g/mol. The van der Waals surface area contributed by atoms with Crippen molar-refractivity contribution in [2.24, 2.45) is 9.98 Å². The van der Waals surface area contributed by atoms with Crippen LogP contribution >= 0.6 is 36.0 Å². The van der Waals surface area contributed by atoms with Crippen molar-refractivity contribution in [3.05, 3.63) is 71.8 Å². The highest BCUT2D eigenvalue weighted by Gasteiger charge is 1.96. The quantitative estimate of drug-likeness (QED) is 0.380. The number of nitrogens with zero attached hydrogens (tertiary/aromatic N) is 2. The first-order valence-electron chi connectivity index (χ1n) is 6.64. The van der Waals surface area contributed by atoms with Crippen LogP contribution in [0.3, 0.4) is 0 Å². The Hall–Kier alpha value is -2.19. The summed E-state index contributed by atoms with van der Waals surface area (Å²) in [5, 5.41) is 7.52. The average molecular weight is 355 g/mol. The summed E-state index contributed by atoms with van der Waals surface area (Å²) in [6.45, 7) is 0. The van der Waals surface area contributed by atoms with E-state index in [0.717, 1.165) is 11.1 Å². The molecule has 0 N–H and O–H groups in total. The van der Waals surface area contributed by atoms with Gasteiger partial charge in [-0.1, -0.05) is 60.1 Å².